The van der Waals surface area contributed by atoms with E-state index < -0.39 is 40.6 Å². The van der Waals surface area contributed by atoms with Crippen LogP contribution in [-0.2, 0) is 19.0 Å². The average Bonchev–Trinajstić information content (AvgIpc) is 2.75. The Morgan fingerprint density at radius 3 is 2.36 bits per heavy atom. The molecular formula is C23H29NO8S. The van der Waals surface area contributed by atoms with Crippen molar-refractivity contribution >= 4 is 16.2 Å². The molecule has 2 aromatic rings. The summed E-state index contributed by atoms with van der Waals surface area (Å²) in [5.74, 6) is 0.981. The third kappa shape index (κ3) is 6.83. The normalized spacial score (nSPS) is 15.4. The van der Waals surface area contributed by atoms with Crippen molar-refractivity contribution in [3.63, 3.8) is 0 Å². The van der Waals surface area contributed by atoms with Gasteiger partial charge in [-0.25, -0.2) is 4.79 Å². The predicted octanol–water partition coefficient (Wildman–Crippen LogP) is 3.10. The van der Waals surface area contributed by atoms with Gasteiger partial charge in [0.05, 0.1) is 17.5 Å². The molecule has 0 bridgehead atoms. The minimum absolute atomic E-state index is 0.0297. The number of aryl methyl sites for hydroxylation is 1. The molecule has 0 unspecified atom stereocenters. The maximum atomic E-state index is 12.6. The van der Waals surface area contributed by atoms with E-state index in [9.17, 15) is 18.3 Å². The minimum Gasteiger partial charge on any atom is -0.486 e. The van der Waals surface area contributed by atoms with E-state index in [0.29, 0.717) is 30.3 Å². The van der Waals surface area contributed by atoms with Crippen molar-refractivity contribution in [1.29, 1.82) is 0 Å². The van der Waals surface area contributed by atoms with Crippen LogP contribution < -0.4 is 14.8 Å². The molecule has 180 valence electrons. The fourth-order valence-corrected chi connectivity index (χ4v) is 4.01. The van der Waals surface area contributed by atoms with Crippen LogP contribution >= 0.6 is 0 Å². The first-order chi connectivity index (χ1) is 15.4. The highest BCUT2D eigenvalue weighted by atomic mass is 32.2. The summed E-state index contributed by atoms with van der Waals surface area (Å²) in [6.45, 7) is 7.17. The number of rotatable bonds is 7. The number of aliphatic hydroxyl groups excluding tert-OH is 1. The molecule has 2 aromatic carbocycles. The first-order valence-electron chi connectivity index (χ1n) is 10.5. The zero-order chi connectivity index (χ0) is 24.2. The second-order valence-corrected chi connectivity index (χ2v) is 10.3. The third-order valence-electron chi connectivity index (χ3n) is 4.70. The van der Waals surface area contributed by atoms with Crippen LogP contribution in [0.5, 0.6) is 11.5 Å². The van der Waals surface area contributed by atoms with E-state index in [4.69, 9.17) is 18.4 Å². The van der Waals surface area contributed by atoms with E-state index >= 15 is 0 Å². The van der Waals surface area contributed by atoms with E-state index in [2.05, 4.69) is 5.32 Å². The summed E-state index contributed by atoms with van der Waals surface area (Å²) >= 11 is 0. The van der Waals surface area contributed by atoms with Crippen LogP contribution in [0.25, 0.3) is 0 Å². The van der Waals surface area contributed by atoms with Crippen LogP contribution in [0.2, 0.25) is 0 Å². The predicted molar refractivity (Wildman–Crippen MR) is 120 cm³/mol. The van der Waals surface area contributed by atoms with Crippen molar-refractivity contribution < 1.29 is 36.7 Å². The number of ether oxygens (including phenoxy) is 3. The maximum absolute atomic E-state index is 12.6. The Labute approximate surface area is 193 Å². The lowest BCUT2D eigenvalue weighted by atomic mass is 10.0. The van der Waals surface area contributed by atoms with Gasteiger partial charge in [0.1, 0.15) is 24.9 Å². The number of amides is 1. The number of nitrogens with one attached hydrogen (secondary N) is 1. The van der Waals surface area contributed by atoms with Gasteiger partial charge in [0.2, 0.25) is 0 Å². The summed E-state index contributed by atoms with van der Waals surface area (Å²) in [7, 11) is -4.12. The Kier molecular flexibility index (Phi) is 7.51. The Morgan fingerprint density at radius 2 is 1.73 bits per heavy atom. The monoisotopic (exact) mass is 479 g/mol. The molecule has 0 radical (unpaired) electrons. The average molecular weight is 480 g/mol. The van der Waals surface area contributed by atoms with E-state index in [1.165, 1.54) is 12.1 Å². The lowest BCUT2D eigenvalue weighted by molar-refractivity contribution is 0.0369. The molecule has 1 amide bonds. The molecule has 2 N–H and O–H groups in total. The molecule has 0 saturated heterocycles. The molecule has 10 heteroatoms. The SMILES string of the molecule is Cc1ccc(S(=O)(=O)OC[C@@H](NC(=O)OC(C)(C)C)[C@H](O)c2ccc3c(c2)OCCO3)cc1. The van der Waals surface area contributed by atoms with Crippen molar-refractivity contribution in [3.05, 3.63) is 53.6 Å². The largest absolute Gasteiger partial charge is 0.486 e. The van der Waals surface area contributed by atoms with Crippen LogP contribution in [0.4, 0.5) is 4.79 Å². The minimum atomic E-state index is -4.12. The van der Waals surface area contributed by atoms with Crippen LogP contribution in [0.1, 0.15) is 38.0 Å². The van der Waals surface area contributed by atoms with Gasteiger partial charge in [-0.05, 0) is 57.5 Å². The molecule has 9 nitrogen and oxygen atoms in total. The Hall–Kier alpha value is -2.82. The summed E-state index contributed by atoms with van der Waals surface area (Å²) in [4.78, 5) is 12.3. The molecular weight excluding hydrogens is 450 g/mol. The summed E-state index contributed by atoms with van der Waals surface area (Å²) in [5.41, 5.74) is 0.495. The molecule has 1 aliphatic heterocycles. The third-order valence-corrected chi connectivity index (χ3v) is 6.00. The standard InChI is InChI=1S/C23H29NO8S/c1-15-5-8-17(9-6-15)33(27,28)31-14-18(24-22(26)32-23(2,3)4)21(25)16-7-10-19-20(13-16)30-12-11-29-19/h5-10,13,18,21,25H,11-12,14H2,1-4H3,(H,24,26)/t18-,21-/m1/s1. The number of hydrogen-bond acceptors (Lipinski definition) is 8. The second-order valence-electron chi connectivity index (χ2n) is 8.65. The summed E-state index contributed by atoms with van der Waals surface area (Å²) in [5, 5.41) is 13.5. The van der Waals surface area contributed by atoms with Gasteiger partial charge in [0.15, 0.2) is 11.5 Å². The highest BCUT2D eigenvalue weighted by Crippen LogP contribution is 2.33. The van der Waals surface area contributed by atoms with Crippen molar-refractivity contribution in [2.45, 2.75) is 50.3 Å². The Morgan fingerprint density at radius 1 is 1.09 bits per heavy atom. The molecule has 0 aromatic heterocycles. The molecule has 2 atom stereocenters. The summed E-state index contributed by atoms with van der Waals surface area (Å²) < 4.78 is 46.7. The van der Waals surface area contributed by atoms with Crippen LogP contribution in [0, 0.1) is 6.92 Å². The van der Waals surface area contributed by atoms with Gasteiger partial charge >= 0.3 is 6.09 Å². The first kappa shape index (κ1) is 24.8. The quantitative estimate of drug-likeness (QED) is 0.581. The number of fused-ring (bicyclic) bond motifs is 1. The van der Waals surface area contributed by atoms with Gasteiger partial charge in [-0.1, -0.05) is 23.8 Å². The van der Waals surface area contributed by atoms with Gasteiger partial charge in [-0.15, -0.1) is 0 Å². The second kappa shape index (κ2) is 9.98. The smallest absolute Gasteiger partial charge is 0.408 e. The number of aliphatic hydroxyl groups is 1. The van der Waals surface area contributed by atoms with E-state index in [0.717, 1.165) is 5.56 Å². The van der Waals surface area contributed by atoms with Crippen molar-refractivity contribution in [2.75, 3.05) is 19.8 Å². The van der Waals surface area contributed by atoms with Crippen LogP contribution in [0.15, 0.2) is 47.4 Å². The maximum Gasteiger partial charge on any atom is 0.408 e. The molecule has 0 saturated carbocycles. The number of alkyl carbamates (subject to hydrolysis) is 1. The number of carbonyl (C=O) groups is 1. The molecule has 0 fully saturated rings. The topological polar surface area (TPSA) is 120 Å². The summed E-state index contributed by atoms with van der Waals surface area (Å²) in [6, 6.07) is 9.85. The van der Waals surface area contributed by atoms with E-state index in [1.54, 1.807) is 51.1 Å². The lowest BCUT2D eigenvalue weighted by Gasteiger charge is -2.27. The lowest BCUT2D eigenvalue weighted by Crippen LogP contribution is -2.45. The number of benzene rings is 2. The van der Waals surface area contributed by atoms with E-state index in [-0.39, 0.29) is 4.90 Å². The number of carbonyl (C=O) groups excluding carboxylic acids is 1. The Balaban J connectivity index is 1.81. The highest BCUT2D eigenvalue weighted by molar-refractivity contribution is 7.86. The van der Waals surface area contributed by atoms with Crippen molar-refractivity contribution in [1.82, 2.24) is 5.32 Å². The van der Waals surface area contributed by atoms with Gasteiger partial charge in [0, 0.05) is 0 Å². The Bertz CT molecular complexity index is 1080. The van der Waals surface area contributed by atoms with Crippen LogP contribution in [0.3, 0.4) is 0 Å². The molecule has 1 heterocycles. The molecule has 33 heavy (non-hydrogen) atoms. The van der Waals surface area contributed by atoms with Crippen molar-refractivity contribution in [2.24, 2.45) is 0 Å². The van der Waals surface area contributed by atoms with Crippen molar-refractivity contribution in [3.8, 4) is 11.5 Å². The van der Waals surface area contributed by atoms with Gasteiger partial charge < -0.3 is 24.6 Å². The number of hydrogen-bond donors (Lipinski definition) is 2. The van der Waals surface area contributed by atoms with E-state index in [1.807, 2.05) is 6.92 Å². The van der Waals surface area contributed by atoms with Gasteiger partial charge in [0.25, 0.3) is 10.1 Å². The fourth-order valence-electron chi connectivity index (χ4n) is 3.08. The molecule has 1 aliphatic rings. The van der Waals surface area contributed by atoms with Gasteiger partial charge in [-0.3, -0.25) is 4.18 Å². The zero-order valence-corrected chi connectivity index (χ0v) is 19.8. The first-order valence-corrected chi connectivity index (χ1v) is 11.9. The molecule has 0 aliphatic carbocycles. The summed E-state index contributed by atoms with van der Waals surface area (Å²) in [6.07, 6.45) is -2.14. The zero-order valence-electron chi connectivity index (χ0n) is 19.0. The molecule has 3 rings (SSSR count). The fraction of sp³-hybridized carbons (Fsp3) is 0.435. The highest BCUT2D eigenvalue weighted by Gasteiger charge is 2.29. The van der Waals surface area contributed by atoms with Crippen LogP contribution in [-0.4, -0.2) is 51.1 Å². The molecule has 0 spiro atoms. The van der Waals surface area contributed by atoms with Gasteiger partial charge in [-0.2, -0.15) is 8.42 Å².